The molecule has 2 rings (SSSR count). The molecule has 16 heavy (non-hydrogen) atoms. The second-order valence-electron chi connectivity index (χ2n) is 4.24. The maximum atomic E-state index is 11.6. The largest absolute Gasteiger partial charge is 0.355 e. The lowest BCUT2D eigenvalue weighted by molar-refractivity contribution is -0.122. The molecule has 88 valence electrons. The Kier molecular flexibility index (Phi) is 3.56. The second kappa shape index (κ2) is 5.12. The average Bonchev–Trinajstić information content (AvgIpc) is 2.56. The summed E-state index contributed by atoms with van der Waals surface area (Å²) in [5, 5.41) is 10.3. The first kappa shape index (κ1) is 11.1. The highest BCUT2D eigenvalue weighted by molar-refractivity contribution is 5.81. The molecular formula is C11H18N4O. The van der Waals surface area contributed by atoms with Crippen LogP contribution in [0.5, 0.6) is 0 Å². The van der Waals surface area contributed by atoms with E-state index in [4.69, 9.17) is 0 Å². The SMILES string of the molecule is Cn1cc(CNC2CCCCNC2=O)cn1. The van der Waals surface area contributed by atoms with Crippen molar-refractivity contribution in [1.82, 2.24) is 20.4 Å². The molecule has 0 saturated carbocycles. The molecule has 1 amide bonds. The summed E-state index contributed by atoms with van der Waals surface area (Å²) in [5.41, 5.74) is 1.11. The van der Waals surface area contributed by atoms with Crippen LogP contribution in [-0.2, 0) is 18.4 Å². The Balaban J connectivity index is 1.86. The third kappa shape index (κ3) is 2.82. The van der Waals surface area contributed by atoms with Gasteiger partial charge >= 0.3 is 0 Å². The maximum Gasteiger partial charge on any atom is 0.237 e. The monoisotopic (exact) mass is 222 g/mol. The van der Waals surface area contributed by atoms with E-state index in [1.807, 2.05) is 19.4 Å². The third-order valence-electron chi connectivity index (χ3n) is 2.85. The van der Waals surface area contributed by atoms with E-state index in [0.717, 1.165) is 31.4 Å². The van der Waals surface area contributed by atoms with Gasteiger partial charge in [-0.3, -0.25) is 9.48 Å². The van der Waals surface area contributed by atoms with Crippen molar-refractivity contribution < 1.29 is 4.79 Å². The van der Waals surface area contributed by atoms with Crippen molar-refractivity contribution >= 4 is 5.91 Å². The molecule has 0 aliphatic carbocycles. The summed E-state index contributed by atoms with van der Waals surface area (Å²) < 4.78 is 1.77. The second-order valence-corrected chi connectivity index (χ2v) is 4.24. The van der Waals surface area contributed by atoms with Crippen LogP contribution in [-0.4, -0.2) is 28.3 Å². The highest BCUT2D eigenvalue weighted by atomic mass is 16.2. The third-order valence-corrected chi connectivity index (χ3v) is 2.85. The fourth-order valence-corrected chi connectivity index (χ4v) is 1.94. The summed E-state index contributed by atoms with van der Waals surface area (Å²) in [6, 6.07) is -0.0530. The summed E-state index contributed by atoms with van der Waals surface area (Å²) in [7, 11) is 1.89. The molecule has 2 heterocycles. The first-order valence-corrected chi connectivity index (χ1v) is 5.74. The molecule has 1 saturated heterocycles. The van der Waals surface area contributed by atoms with Gasteiger partial charge in [0.25, 0.3) is 0 Å². The number of carbonyl (C=O) groups is 1. The van der Waals surface area contributed by atoms with Crippen LogP contribution in [0.15, 0.2) is 12.4 Å². The molecule has 0 bridgehead atoms. The summed E-state index contributed by atoms with van der Waals surface area (Å²) in [5.74, 6) is 0.126. The molecule has 0 aromatic carbocycles. The lowest BCUT2D eigenvalue weighted by Crippen LogP contribution is -2.42. The van der Waals surface area contributed by atoms with Gasteiger partial charge in [-0.1, -0.05) is 0 Å². The molecule has 1 fully saturated rings. The molecule has 5 heteroatoms. The van der Waals surface area contributed by atoms with Crippen molar-refractivity contribution in [3.63, 3.8) is 0 Å². The fourth-order valence-electron chi connectivity index (χ4n) is 1.94. The van der Waals surface area contributed by atoms with E-state index in [1.54, 1.807) is 4.68 Å². The lowest BCUT2D eigenvalue weighted by Gasteiger charge is -2.14. The molecule has 5 nitrogen and oxygen atoms in total. The normalized spacial score (nSPS) is 21.6. The number of aromatic nitrogens is 2. The highest BCUT2D eigenvalue weighted by Crippen LogP contribution is 2.06. The van der Waals surface area contributed by atoms with Crippen LogP contribution in [0.4, 0.5) is 0 Å². The Bertz CT molecular complexity index is 361. The topological polar surface area (TPSA) is 59.0 Å². The van der Waals surface area contributed by atoms with Crippen LogP contribution in [0.3, 0.4) is 0 Å². The number of carbonyl (C=O) groups excluding carboxylic acids is 1. The number of nitrogens with one attached hydrogen (secondary N) is 2. The van der Waals surface area contributed by atoms with E-state index < -0.39 is 0 Å². The summed E-state index contributed by atoms with van der Waals surface area (Å²) in [6.07, 6.45) is 6.88. The van der Waals surface area contributed by atoms with E-state index in [9.17, 15) is 4.79 Å². The number of hydrogen-bond acceptors (Lipinski definition) is 3. The van der Waals surface area contributed by atoms with Gasteiger partial charge in [0.2, 0.25) is 5.91 Å². The Morgan fingerprint density at radius 1 is 1.62 bits per heavy atom. The molecule has 1 unspecified atom stereocenters. The van der Waals surface area contributed by atoms with Gasteiger partial charge in [0, 0.05) is 31.9 Å². The average molecular weight is 222 g/mol. The van der Waals surface area contributed by atoms with Crippen molar-refractivity contribution in [2.24, 2.45) is 7.05 Å². The number of amides is 1. The first-order chi connectivity index (χ1) is 7.75. The molecular weight excluding hydrogens is 204 g/mol. The number of hydrogen-bond donors (Lipinski definition) is 2. The van der Waals surface area contributed by atoms with Crippen LogP contribution in [0.1, 0.15) is 24.8 Å². The van der Waals surface area contributed by atoms with Crippen LogP contribution in [0.25, 0.3) is 0 Å². The van der Waals surface area contributed by atoms with E-state index >= 15 is 0 Å². The summed E-state index contributed by atoms with van der Waals surface area (Å²) in [6.45, 7) is 1.51. The Hall–Kier alpha value is -1.36. The van der Waals surface area contributed by atoms with Gasteiger partial charge in [0.15, 0.2) is 0 Å². The van der Waals surface area contributed by atoms with E-state index in [2.05, 4.69) is 15.7 Å². The Morgan fingerprint density at radius 3 is 3.25 bits per heavy atom. The highest BCUT2D eigenvalue weighted by Gasteiger charge is 2.19. The van der Waals surface area contributed by atoms with Crippen LogP contribution in [0, 0.1) is 0 Å². The number of nitrogens with zero attached hydrogens (tertiary/aromatic N) is 2. The molecule has 1 aromatic heterocycles. The van der Waals surface area contributed by atoms with Gasteiger partial charge in [-0.25, -0.2) is 0 Å². The van der Waals surface area contributed by atoms with E-state index in [0.29, 0.717) is 6.54 Å². The molecule has 1 aliphatic heterocycles. The van der Waals surface area contributed by atoms with Gasteiger partial charge < -0.3 is 10.6 Å². The Labute approximate surface area is 95.2 Å². The zero-order chi connectivity index (χ0) is 11.4. The molecule has 0 spiro atoms. The van der Waals surface area contributed by atoms with Crippen molar-refractivity contribution in [3.8, 4) is 0 Å². The van der Waals surface area contributed by atoms with Crippen molar-refractivity contribution in [2.75, 3.05) is 6.54 Å². The van der Waals surface area contributed by atoms with Gasteiger partial charge in [0.05, 0.1) is 12.2 Å². The van der Waals surface area contributed by atoms with Gasteiger partial charge in [0.1, 0.15) is 0 Å². The zero-order valence-electron chi connectivity index (χ0n) is 9.57. The van der Waals surface area contributed by atoms with Crippen LogP contribution < -0.4 is 10.6 Å². The lowest BCUT2D eigenvalue weighted by atomic mass is 10.1. The molecule has 1 atom stereocenters. The number of aryl methyl sites for hydroxylation is 1. The minimum atomic E-state index is -0.0530. The summed E-state index contributed by atoms with van der Waals surface area (Å²) in [4.78, 5) is 11.6. The quantitative estimate of drug-likeness (QED) is 0.767. The van der Waals surface area contributed by atoms with Crippen LogP contribution in [0.2, 0.25) is 0 Å². The predicted molar refractivity (Wildman–Crippen MR) is 60.7 cm³/mol. The smallest absolute Gasteiger partial charge is 0.237 e. The summed E-state index contributed by atoms with van der Waals surface area (Å²) >= 11 is 0. The van der Waals surface area contributed by atoms with E-state index in [-0.39, 0.29) is 11.9 Å². The molecule has 1 aromatic rings. The predicted octanol–water partition coefficient (Wildman–Crippen LogP) is 0.178. The maximum absolute atomic E-state index is 11.6. The minimum Gasteiger partial charge on any atom is -0.355 e. The minimum absolute atomic E-state index is 0.0530. The van der Waals surface area contributed by atoms with Gasteiger partial charge in [-0.2, -0.15) is 5.10 Å². The molecule has 2 N–H and O–H groups in total. The fraction of sp³-hybridized carbons (Fsp3) is 0.636. The van der Waals surface area contributed by atoms with Crippen molar-refractivity contribution in [1.29, 1.82) is 0 Å². The number of rotatable bonds is 3. The standard InChI is InChI=1S/C11H18N4O/c1-15-8-9(7-14-15)6-13-10-4-2-3-5-12-11(10)16/h7-8,10,13H,2-6H2,1H3,(H,12,16). The van der Waals surface area contributed by atoms with Gasteiger partial charge in [-0.05, 0) is 19.3 Å². The zero-order valence-corrected chi connectivity index (χ0v) is 9.57. The molecule has 1 aliphatic rings. The molecule has 0 radical (unpaired) electrons. The van der Waals surface area contributed by atoms with Crippen molar-refractivity contribution in [2.45, 2.75) is 31.8 Å². The van der Waals surface area contributed by atoms with Crippen molar-refractivity contribution in [3.05, 3.63) is 18.0 Å². The van der Waals surface area contributed by atoms with Gasteiger partial charge in [-0.15, -0.1) is 0 Å². The van der Waals surface area contributed by atoms with Crippen LogP contribution >= 0.6 is 0 Å². The first-order valence-electron chi connectivity index (χ1n) is 5.74. The Morgan fingerprint density at radius 2 is 2.50 bits per heavy atom. The van der Waals surface area contributed by atoms with E-state index in [1.165, 1.54) is 0 Å².